The zero-order chi connectivity index (χ0) is 22.2. The standard InChI is InChI=1S/C26H28N4O2/c1-17-13-21(16-29(3)26(17)31)25-28-23-15-27-22(20-9-11-32-12-10-20)14-24(23)30(25)18(2)19-7-5-4-6-8-19/h4-8,13-16,18,20H,9-12H2,1-3H3/t18-/m0/s1. The largest absolute Gasteiger partial charge is 0.381 e. The summed E-state index contributed by atoms with van der Waals surface area (Å²) < 4.78 is 9.47. The molecule has 0 unspecified atom stereocenters. The number of benzene rings is 1. The van der Waals surface area contributed by atoms with Crippen molar-refractivity contribution in [1.29, 1.82) is 0 Å². The molecule has 6 nitrogen and oxygen atoms in total. The van der Waals surface area contributed by atoms with Gasteiger partial charge < -0.3 is 13.9 Å². The third-order valence-electron chi connectivity index (χ3n) is 6.53. The number of pyridine rings is 2. The molecule has 0 spiro atoms. The highest BCUT2D eigenvalue weighted by molar-refractivity contribution is 5.81. The van der Waals surface area contributed by atoms with Crippen molar-refractivity contribution >= 4 is 11.0 Å². The van der Waals surface area contributed by atoms with Crippen LogP contribution >= 0.6 is 0 Å². The predicted octanol–water partition coefficient (Wildman–Crippen LogP) is 4.61. The molecule has 1 fully saturated rings. The molecule has 1 aliphatic rings. The number of fused-ring (bicyclic) bond motifs is 1. The predicted molar refractivity (Wildman–Crippen MR) is 126 cm³/mol. The molecule has 5 rings (SSSR count). The van der Waals surface area contributed by atoms with Crippen LogP contribution in [0.2, 0.25) is 0 Å². The molecule has 1 aliphatic heterocycles. The first-order valence-corrected chi connectivity index (χ1v) is 11.2. The van der Waals surface area contributed by atoms with Crippen LogP contribution in [0.15, 0.2) is 59.7 Å². The molecule has 0 bridgehead atoms. The van der Waals surface area contributed by atoms with E-state index in [0.29, 0.717) is 11.5 Å². The van der Waals surface area contributed by atoms with Crippen molar-refractivity contribution < 1.29 is 4.74 Å². The molecular formula is C26H28N4O2. The zero-order valence-corrected chi connectivity index (χ0v) is 18.8. The van der Waals surface area contributed by atoms with Gasteiger partial charge in [-0.15, -0.1) is 0 Å². The summed E-state index contributed by atoms with van der Waals surface area (Å²) in [4.78, 5) is 22.1. The van der Waals surface area contributed by atoms with Crippen molar-refractivity contribution in [3.63, 3.8) is 0 Å². The fourth-order valence-corrected chi connectivity index (χ4v) is 4.71. The summed E-state index contributed by atoms with van der Waals surface area (Å²) in [6.07, 6.45) is 5.76. The molecule has 0 N–H and O–H groups in total. The van der Waals surface area contributed by atoms with Crippen LogP contribution in [0.3, 0.4) is 0 Å². The van der Waals surface area contributed by atoms with Crippen LogP contribution in [0.1, 0.15) is 48.5 Å². The van der Waals surface area contributed by atoms with E-state index >= 15 is 0 Å². The van der Waals surface area contributed by atoms with E-state index in [9.17, 15) is 4.79 Å². The summed E-state index contributed by atoms with van der Waals surface area (Å²) in [7, 11) is 1.79. The van der Waals surface area contributed by atoms with Gasteiger partial charge in [0.05, 0.1) is 17.8 Å². The van der Waals surface area contributed by atoms with Crippen LogP contribution < -0.4 is 5.56 Å². The number of hydrogen-bond donors (Lipinski definition) is 0. The molecule has 1 atom stereocenters. The minimum Gasteiger partial charge on any atom is -0.381 e. The van der Waals surface area contributed by atoms with Gasteiger partial charge in [0, 0.05) is 49.2 Å². The van der Waals surface area contributed by atoms with E-state index in [1.54, 1.807) is 11.6 Å². The monoisotopic (exact) mass is 428 g/mol. The van der Waals surface area contributed by atoms with Gasteiger partial charge in [-0.3, -0.25) is 9.78 Å². The Balaban J connectivity index is 1.73. The first-order valence-electron chi connectivity index (χ1n) is 11.2. The van der Waals surface area contributed by atoms with Gasteiger partial charge in [0.15, 0.2) is 0 Å². The Labute approximate surface area is 187 Å². The lowest BCUT2D eigenvalue weighted by Gasteiger charge is -2.22. The normalized spacial score (nSPS) is 15.8. The average molecular weight is 429 g/mol. The second-order valence-corrected chi connectivity index (χ2v) is 8.70. The highest BCUT2D eigenvalue weighted by Gasteiger charge is 2.23. The van der Waals surface area contributed by atoms with Gasteiger partial charge in [-0.25, -0.2) is 4.98 Å². The van der Waals surface area contributed by atoms with E-state index in [1.807, 2.05) is 31.5 Å². The maximum atomic E-state index is 12.3. The van der Waals surface area contributed by atoms with Gasteiger partial charge in [-0.1, -0.05) is 30.3 Å². The van der Waals surface area contributed by atoms with E-state index < -0.39 is 0 Å². The summed E-state index contributed by atoms with van der Waals surface area (Å²) >= 11 is 0. The van der Waals surface area contributed by atoms with Crippen molar-refractivity contribution in [2.45, 2.75) is 38.6 Å². The number of aromatic nitrogens is 4. The number of hydrogen-bond acceptors (Lipinski definition) is 4. The summed E-state index contributed by atoms with van der Waals surface area (Å²) in [5, 5.41) is 0. The summed E-state index contributed by atoms with van der Waals surface area (Å²) in [6.45, 7) is 5.62. The van der Waals surface area contributed by atoms with Crippen LogP contribution in [0.4, 0.5) is 0 Å². The van der Waals surface area contributed by atoms with Crippen molar-refractivity contribution in [3.05, 3.63) is 82.0 Å². The molecule has 164 valence electrons. The van der Waals surface area contributed by atoms with Gasteiger partial charge in [0.1, 0.15) is 11.3 Å². The third kappa shape index (κ3) is 3.65. The molecule has 4 heterocycles. The highest BCUT2D eigenvalue weighted by atomic mass is 16.5. The first kappa shape index (κ1) is 20.6. The van der Waals surface area contributed by atoms with E-state index in [-0.39, 0.29) is 11.6 Å². The third-order valence-corrected chi connectivity index (χ3v) is 6.53. The molecule has 0 aliphatic carbocycles. The molecule has 3 aromatic heterocycles. The molecule has 32 heavy (non-hydrogen) atoms. The Morgan fingerprint density at radius 3 is 2.59 bits per heavy atom. The van der Waals surface area contributed by atoms with Crippen molar-refractivity contribution in [3.8, 4) is 11.4 Å². The maximum absolute atomic E-state index is 12.3. The maximum Gasteiger partial charge on any atom is 0.253 e. The molecule has 1 aromatic carbocycles. The van der Waals surface area contributed by atoms with Crippen molar-refractivity contribution in [2.75, 3.05) is 13.2 Å². The molecule has 6 heteroatoms. The van der Waals surface area contributed by atoms with Gasteiger partial charge in [0.2, 0.25) is 0 Å². The van der Waals surface area contributed by atoms with Crippen LogP contribution in [-0.4, -0.2) is 32.3 Å². The minimum absolute atomic E-state index is 0.0102. The lowest BCUT2D eigenvalue weighted by atomic mass is 9.96. The Hall–Kier alpha value is -3.25. The van der Waals surface area contributed by atoms with Gasteiger partial charge >= 0.3 is 0 Å². The molecule has 0 saturated carbocycles. The number of rotatable bonds is 4. The van der Waals surface area contributed by atoms with Crippen LogP contribution in [0, 0.1) is 6.92 Å². The number of ether oxygens (including phenoxy) is 1. The quantitative estimate of drug-likeness (QED) is 0.476. The fourth-order valence-electron chi connectivity index (χ4n) is 4.71. The lowest BCUT2D eigenvalue weighted by molar-refractivity contribution is 0.0845. The Bertz CT molecular complexity index is 1290. The van der Waals surface area contributed by atoms with Crippen molar-refractivity contribution in [2.24, 2.45) is 7.05 Å². The number of aryl methyl sites for hydroxylation is 2. The van der Waals surface area contributed by atoms with Crippen LogP contribution in [-0.2, 0) is 11.8 Å². The average Bonchev–Trinajstić information content (AvgIpc) is 3.21. The fraction of sp³-hybridized carbons (Fsp3) is 0.346. The van der Waals surface area contributed by atoms with E-state index in [2.05, 4.69) is 41.8 Å². The van der Waals surface area contributed by atoms with Crippen LogP contribution in [0.25, 0.3) is 22.4 Å². The van der Waals surface area contributed by atoms with E-state index in [0.717, 1.165) is 54.2 Å². The van der Waals surface area contributed by atoms with E-state index in [4.69, 9.17) is 14.7 Å². The SMILES string of the molecule is Cc1cc(-c2nc3cnc(C4CCOCC4)cc3n2[C@@H](C)c2ccccc2)cn(C)c1=O. The molecule has 0 amide bonds. The van der Waals surface area contributed by atoms with E-state index in [1.165, 1.54) is 5.56 Å². The minimum atomic E-state index is 0.0102. The Kier molecular flexibility index (Phi) is 5.39. The topological polar surface area (TPSA) is 61.9 Å². The number of imidazole rings is 1. The second kappa shape index (κ2) is 8.36. The second-order valence-electron chi connectivity index (χ2n) is 8.70. The number of nitrogens with zero attached hydrogens (tertiary/aromatic N) is 4. The Morgan fingerprint density at radius 2 is 1.88 bits per heavy atom. The summed E-state index contributed by atoms with van der Waals surface area (Å²) in [6, 6.07) is 14.7. The summed E-state index contributed by atoms with van der Waals surface area (Å²) in [5.74, 6) is 1.26. The van der Waals surface area contributed by atoms with Gasteiger partial charge in [-0.05, 0) is 44.4 Å². The molecule has 1 saturated heterocycles. The lowest BCUT2D eigenvalue weighted by Crippen LogP contribution is -2.19. The molecule has 0 radical (unpaired) electrons. The van der Waals surface area contributed by atoms with Crippen molar-refractivity contribution in [1.82, 2.24) is 19.1 Å². The molecule has 4 aromatic rings. The highest BCUT2D eigenvalue weighted by Crippen LogP contribution is 2.34. The Morgan fingerprint density at radius 1 is 1.12 bits per heavy atom. The molecular weight excluding hydrogens is 400 g/mol. The van der Waals surface area contributed by atoms with Gasteiger partial charge in [0.25, 0.3) is 5.56 Å². The van der Waals surface area contributed by atoms with Crippen LogP contribution in [0.5, 0.6) is 0 Å². The summed E-state index contributed by atoms with van der Waals surface area (Å²) in [5.41, 5.74) is 5.89. The zero-order valence-electron chi connectivity index (χ0n) is 18.8. The first-order chi connectivity index (χ1) is 15.5. The smallest absolute Gasteiger partial charge is 0.253 e. The van der Waals surface area contributed by atoms with Gasteiger partial charge in [-0.2, -0.15) is 0 Å².